The Morgan fingerprint density at radius 1 is 0.170 bits per heavy atom. The average molecular weight is 1810 g/mol. The van der Waals surface area contributed by atoms with Crippen LogP contribution in [0.2, 0.25) is 0 Å². The van der Waals surface area contributed by atoms with Crippen molar-refractivity contribution in [2.75, 3.05) is 9.80 Å². The monoisotopic (exact) mass is 1810 g/mol. The lowest BCUT2D eigenvalue weighted by molar-refractivity contribution is 0.569. The van der Waals surface area contributed by atoms with Crippen molar-refractivity contribution in [2.45, 2.75) is 105 Å². The minimum atomic E-state index is -0.385. The highest BCUT2D eigenvalue weighted by Gasteiger charge is 2.47. The number of hydrogen-bond donors (Lipinski definition) is 0. The van der Waals surface area contributed by atoms with Crippen LogP contribution in [-0.4, -0.2) is 15.8 Å². The molecule has 0 aliphatic carbocycles. The van der Waals surface area contributed by atoms with E-state index in [9.17, 15) is 0 Å². The molecule has 24 rings (SSSR count). The van der Waals surface area contributed by atoms with Crippen LogP contribution < -0.4 is 26.2 Å². The van der Waals surface area contributed by atoms with Crippen LogP contribution >= 0.6 is 0 Å². The SMILES string of the molecule is CC(C)(C)c1cc(-c2cc3c4c(c2)N(c2c(-c5ccccc5)cc(C(C)(C)C)cc2-c2cccc(-c5cccc(-c6ccccc6)c5)c2)c2cc(-n5c6ccccc6c6cc(-c7ccccc7)ccc65)ccc2B4c2ccc(-n4c5ccccc5c5cc(-c6ccccc6)ccc54)cc2N3c2c(-c3ccccc3)cc(C(C)(C)C)cc2-c2cccc(-c3cccc(-c4ccccc4)c3)c2)cc(C(C)(C)C)c1. The number of benzene rings is 20. The molecule has 5 heteroatoms. The van der Waals surface area contributed by atoms with Gasteiger partial charge < -0.3 is 18.9 Å². The van der Waals surface area contributed by atoms with Gasteiger partial charge in [-0.1, -0.05) is 417 Å². The van der Waals surface area contributed by atoms with Crippen LogP contribution in [0.5, 0.6) is 0 Å². The molecule has 2 aromatic heterocycles. The van der Waals surface area contributed by atoms with Crippen LogP contribution in [0.3, 0.4) is 0 Å². The van der Waals surface area contributed by atoms with E-state index in [1.807, 2.05) is 0 Å². The Hall–Kier alpha value is -16.3. The standard InChI is InChI=1S/C136H111BN4/c1-133(2,3)106-75-104(76-107(81-106)134(4,5)6)105-79-128-130-129(80-105)141(132-115(93-49-29-18-30-50-93)83-109(136(10,11)12)85-117(132)103-58-38-56-99(74-103)97-54-36-52-95(72-97)89-41-21-14-22-42-89)127-87-111(139-123-62-34-32-60-113(123)119-78-101(64-70-125(119)139)91-45-25-16-26-46-91)66-68-121(127)137(130)120-67-65-110(138-122-61-33-31-59-112(122)118-77-100(63-69-124(118)138)90-43-23-15-24-44-90)86-126(120)140(128)131-114(92-47-27-17-28-48-92)82-108(135(7,8)9)84-116(131)102-57-37-55-98(73-102)96-53-35-51-94(71-96)88-39-19-13-20-40-88/h13-87H,1-12H3. The summed E-state index contributed by atoms with van der Waals surface area (Å²) in [6.45, 7) is 28.2. The van der Waals surface area contributed by atoms with E-state index in [0.29, 0.717) is 0 Å². The van der Waals surface area contributed by atoms with E-state index >= 15 is 0 Å². The highest BCUT2D eigenvalue weighted by Crippen LogP contribution is 2.57. The second-order valence-corrected chi connectivity index (χ2v) is 42.8. The van der Waals surface area contributed by atoms with E-state index in [2.05, 4.69) is 557 Å². The zero-order chi connectivity index (χ0) is 95.9. The highest BCUT2D eigenvalue weighted by atomic mass is 15.2. The molecule has 22 aromatic rings. The van der Waals surface area contributed by atoms with Crippen molar-refractivity contribution in [3.05, 3.63) is 477 Å². The molecule has 0 saturated carbocycles. The molecule has 0 unspecified atom stereocenters. The van der Waals surface area contributed by atoms with Crippen LogP contribution in [-0.2, 0) is 21.7 Å². The fourth-order valence-corrected chi connectivity index (χ4v) is 22.2. The summed E-state index contributed by atoms with van der Waals surface area (Å²) in [6.07, 6.45) is 0. The molecule has 20 aromatic carbocycles. The summed E-state index contributed by atoms with van der Waals surface area (Å²) >= 11 is 0. The molecule has 0 saturated heterocycles. The number of para-hydroxylation sites is 2. The average Bonchev–Trinajstić information content (AvgIpc) is 1.12. The zero-order valence-corrected chi connectivity index (χ0v) is 82.2. The molecule has 678 valence electrons. The summed E-state index contributed by atoms with van der Waals surface area (Å²) in [5.74, 6) is 0. The maximum absolute atomic E-state index is 2.79. The largest absolute Gasteiger partial charge is 0.310 e. The third-order valence-corrected chi connectivity index (χ3v) is 29.6. The van der Waals surface area contributed by atoms with Crippen molar-refractivity contribution in [1.82, 2.24) is 9.13 Å². The van der Waals surface area contributed by atoms with Gasteiger partial charge in [-0.2, -0.15) is 0 Å². The Bertz CT molecular complexity index is 8180. The maximum atomic E-state index is 2.79. The fraction of sp³-hybridized carbons (Fsp3) is 0.118. The summed E-state index contributed by atoms with van der Waals surface area (Å²) in [7, 11) is 0. The van der Waals surface area contributed by atoms with Crippen LogP contribution in [0.25, 0.3) is 177 Å². The third-order valence-electron chi connectivity index (χ3n) is 29.6. The van der Waals surface area contributed by atoms with Gasteiger partial charge in [-0.25, -0.2) is 0 Å². The molecule has 2 aliphatic heterocycles. The van der Waals surface area contributed by atoms with Gasteiger partial charge in [-0.3, -0.25) is 0 Å². The Kier molecular flexibility index (Phi) is 21.3. The topological polar surface area (TPSA) is 16.3 Å². The Morgan fingerprint density at radius 3 is 0.773 bits per heavy atom. The van der Waals surface area contributed by atoms with E-state index in [1.54, 1.807) is 0 Å². The smallest absolute Gasteiger partial charge is 0.252 e. The zero-order valence-electron chi connectivity index (χ0n) is 82.2. The van der Waals surface area contributed by atoms with E-state index in [1.165, 1.54) is 105 Å². The number of hydrogen-bond acceptors (Lipinski definition) is 2. The minimum Gasteiger partial charge on any atom is -0.310 e. The fourth-order valence-electron chi connectivity index (χ4n) is 22.2. The van der Waals surface area contributed by atoms with Gasteiger partial charge in [0.15, 0.2) is 0 Å². The van der Waals surface area contributed by atoms with Crippen molar-refractivity contribution in [3.63, 3.8) is 0 Å². The van der Waals surface area contributed by atoms with Crippen LogP contribution in [0.15, 0.2) is 455 Å². The Morgan fingerprint density at radius 2 is 0.433 bits per heavy atom. The molecular weight excluding hydrogens is 1700 g/mol. The number of anilines is 6. The van der Waals surface area contributed by atoms with Crippen molar-refractivity contribution in [3.8, 4) is 134 Å². The molecule has 0 amide bonds. The molecule has 0 fully saturated rings. The summed E-state index contributed by atoms with van der Waals surface area (Å²) in [4.78, 5) is 5.58. The van der Waals surface area contributed by atoms with Crippen molar-refractivity contribution < 1.29 is 0 Å². The van der Waals surface area contributed by atoms with Gasteiger partial charge in [0.05, 0.1) is 33.4 Å². The summed E-state index contributed by atoms with van der Waals surface area (Å²) in [5.41, 5.74) is 45.8. The first-order valence-electron chi connectivity index (χ1n) is 49.9. The van der Waals surface area contributed by atoms with Gasteiger partial charge in [-0.15, -0.1) is 0 Å². The number of fused-ring (bicyclic) bond motifs is 10. The van der Waals surface area contributed by atoms with E-state index in [-0.39, 0.29) is 28.4 Å². The van der Waals surface area contributed by atoms with E-state index in [4.69, 9.17) is 0 Å². The van der Waals surface area contributed by atoms with Gasteiger partial charge in [0.25, 0.3) is 6.71 Å². The number of rotatable bonds is 15. The number of aromatic nitrogens is 2. The lowest BCUT2D eigenvalue weighted by Gasteiger charge is -2.46. The van der Waals surface area contributed by atoms with E-state index < -0.39 is 0 Å². The molecule has 4 heterocycles. The lowest BCUT2D eigenvalue weighted by Crippen LogP contribution is -2.61. The Labute approximate surface area is 829 Å². The van der Waals surface area contributed by atoms with Crippen LogP contribution in [0.4, 0.5) is 34.1 Å². The van der Waals surface area contributed by atoms with Gasteiger partial charge in [0, 0.05) is 77.9 Å². The second-order valence-electron chi connectivity index (χ2n) is 42.8. The summed E-state index contributed by atoms with van der Waals surface area (Å²) in [5, 5.41) is 4.77. The second kappa shape index (κ2) is 34.4. The molecular formula is C136H111BN4. The van der Waals surface area contributed by atoms with Gasteiger partial charge in [-0.05, 0) is 282 Å². The lowest BCUT2D eigenvalue weighted by atomic mass is 9.33. The summed E-state index contributed by atoms with van der Waals surface area (Å²) < 4.78 is 5.10. The maximum Gasteiger partial charge on any atom is 0.252 e. The third kappa shape index (κ3) is 15.7. The predicted octanol–water partition coefficient (Wildman–Crippen LogP) is 35.5. The van der Waals surface area contributed by atoms with Crippen molar-refractivity contribution in [1.29, 1.82) is 0 Å². The normalized spacial score (nSPS) is 12.6. The van der Waals surface area contributed by atoms with Crippen molar-refractivity contribution in [2.24, 2.45) is 0 Å². The van der Waals surface area contributed by atoms with E-state index in [0.717, 1.165) is 145 Å². The van der Waals surface area contributed by atoms with Crippen LogP contribution in [0, 0.1) is 0 Å². The Balaban J connectivity index is 0.877. The molecule has 141 heavy (non-hydrogen) atoms. The predicted molar refractivity (Wildman–Crippen MR) is 604 cm³/mol. The molecule has 0 atom stereocenters. The first-order chi connectivity index (χ1) is 68.4. The van der Waals surface area contributed by atoms with Gasteiger partial charge >= 0.3 is 0 Å². The number of nitrogens with zero attached hydrogens (tertiary/aromatic N) is 4. The quantitative estimate of drug-likeness (QED) is 0.0951. The molecule has 0 radical (unpaired) electrons. The van der Waals surface area contributed by atoms with Gasteiger partial charge in [0.2, 0.25) is 0 Å². The summed E-state index contributed by atoms with van der Waals surface area (Å²) in [6, 6.07) is 174. The minimum absolute atomic E-state index is 0.241. The van der Waals surface area contributed by atoms with Crippen molar-refractivity contribution >= 4 is 101 Å². The van der Waals surface area contributed by atoms with Gasteiger partial charge in [0.1, 0.15) is 0 Å². The van der Waals surface area contributed by atoms with Crippen LogP contribution in [0.1, 0.15) is 105 Å². The molecule has 0 N–H and O–H groups in total. The first-order valence-corrected chi connectivity index (χ1v) is 49.9. The molecule has 0 bridgehead atoms. The molecule has 0 spiro atoms. The first kappa shape index (κ1) is 87.4. The molecule has 2 aliphatic rings. The molecule has 4 nitrogen and oxygen atoms in total. The highest BCUT2D eigenvalue weighted by molar-refractivity contribution is 7.00.